The highest BCUT2D eigenvalue weighted by Crippen LogP contribution is 2.33. The van der Waals surface area contributed by atoms with Crippen LogP contribution in [0.25, 0.3) is 50.6 Å². The Balaban J connectivity index is 1.76. The van der Waals surface area contributed by atoms with Gasteiger partial charge < -0.3 is 9.31 Å². The standard InChI is InChI=1S/C26H22BN3O2/c1-5-16-13-19-24(28-20(16)6-2)18-12-11-17(27-31-15-26(3,4)32-27)14-23(18)30-22-10-8-7-9-21(22)29-25(19)30/h5-14H,1-2,15H2,3-4H3. The van der Waals surface area contributed by atoms with Crippen LogP contribution in [0.5, 0.6) is 0 Å². The predicted molar refractivity (Wildman–Crippen MR) is 132 cm³/mol. The van der Waals surface area contributed by atoms with Crippen LogP contribution in [-0.4, -0.2) is 33.7 Å². The van der Waals surface area contributed by atoms with Gasteiger partial charge in [-0.15, -0.1) is 0 Å². The van der Waals surface area contributed by atoms with Crippen LogP contribution in [0.1, 0.15) is 25.1 Å². The second-order valence-corrected chi connectivity index (χ2v) is 8.82. The molecule has 1 fully saturated rings. The summed E-state index contributed by atoms with van der Waals surface area (Å²) >= 11 is 0. The zero-order chi connectivity index (χ0) is 22.0. The van der Waals surface area contributed by atoms with E-state index in [4.69, 9.17) is 19.3 Å². The number of hydrogen-bond acceptors (Lipinski definition) is 4. The molecule has 0 bridgehead atoms. The monoisotopic (exact) mass is 419 g/mol. The first-order valence-corrected chi connectivity index (χ1v) is 10.7. The van der Waals surface area contributed by atoms with E-state index in [-0.39, 0.29) is 5.60 Å². The highest BCUT2D eigenvalue weighted by molar-refractivity contribution is 6.62. The molecule has 4 heterocycles. The van der Waals surface area contributed by atoms with Crippen LogP contribution in [0.15, 0.2) is 61.7 Å². The number of hydrogen-bond donors (Lipinski definition) is 0. The zero-order valence-corrected chi connectivity index (χ0v) is 18.1. The minimum Gasteiger partial charge on any atom is -0.404 e. The van der Waals surface area contributed by atoms with Crippen molar-refractivity contribution in [3.8, 4) is 0 Å². The molecule has 0 spiro atoms. The molecule has 0 radical (unpaired) electrons. The normalized spacial score (nSPS) is 15.9. The average molecular weight is 419 g/mol. The van der Waals surface area contributed by atoms with Crippen LogP contribution >= 0.6 is 0 Å². The molecule has 0 saturated carbocycles. The van der Waals surface area contributed by atoms with Crippen molar-refractivity contribution in [2.24, 2.45) is 0 Å². The van der Waals surface area contributed by atoms with Crippen molar-refractivity contribution in [3.05, 3.63) is 72.9 Å². The molecule has 1 saturated heterocycles. The minimum atomic E-state index is -0.394. The van der Waals surface area contributed by atoms with Crippen LogP contribution in [0.2, 0.25) is 0 Å². The summed E-state index contributed by atoms with van der Waals surface area (Å²) < 4.78 is 14.3. The van der Waals surface area contributed by atoms with Crippen LogP contribution in [0, 0.1) is 0 Å². The van der Waals surface area contributed by atoms with Crippen molar-refractivity contribution in [2.45, 2.75) is 19.4 Å². The first kappa shape index (κ1) is 19.2. The third-order valence-electron chi connectivity index (χ3n) is 6.10. The smallest absolute Gasteiger partial charge is 0.404 e. The lowest BCUT2D eigenvalue weighted by atomic mass is 9.78. The summed E-state index contributed by atoms with van der Waals surface area (Å²) in [7, 11) is -0.394. The molecule has 32 heavy (non-hydrogen) atoms. The number of rotatable bonds is 3. The molecule has 0 atom stereocenters. The molecule has 2 aromatic carbocycles. The van der Waals surface area contributed by atoms with Gasteiger partial charge in [0, 0.05) is 16.3 Å². The topological polar surface area (TPSA) is 48.7 Å². The van der Waals surface area contributed by atoms with Crippen LogP contribution in [0.4, 0.5) is 0 Å². The SMILES string of the molecule is C=Cc1cc2c(nc1C=C)c1ccc(B3OCC(C)(C)O3)cc1n1c3ccccc3nc21. The summed E-state index contributed by atoms with van der Waals surface area (Å²) in [6.45, 7) is 12.5. The Morgan fingerprint density at radius 3 is 2.59 bits per heavy atom. The zero-order valence-electron chi connectivity index (χ0n) is 18.1. The van der Waals surface area contributed by atoms with Crippen LogP contribution < -0.4 is 5.46 Å². The Morgan fingerprint density at radius 1 is 1.00 bits per heavy atom. The van der Waals surface area contributed by atoms with Gasteiger partial charge in [0.1, 0.15) is 5.65 Å². The first-order chi connectivity index (χ1) is 15.5. The lowest BCUT2D eigenvalue weighted by Crippen LogP contribution is -2.34. The van der Waals surface area contributed by atoms with Gasteiger partial charge >= 0.3 is 7.12 Å². The maximum absolute atomic E-state index is 6.13. The second kappa shape index (κ2) is 6.76. The van der Waals surface area contributed by atoms with Crippen molar-refractivity contribution in [3.63, 3.8) is 0 Å². The molecule has 1 aliphatic heterocycles. The van der Waals surface area contributed by atoms with Crippen LogP contribution in [-0.2, 0) is 9.31 Å². The lowest BCUT2D eigenvalue weighted by molar-refractivity contribution is 0.137. The van der Waals surface area contributed by atoms with Gasteiger partial charge in [-0.25, -0.2) is 9.97 Å². The number of fused-ring (bicyclic) bond motifs is 8. The molecule has 0 N–H and O–H groups in total. The van der Waals surface area contributed by atoms with E-state index in [1.165, 1.54) is 0 Å². The molecule has 156 valence electrons. The minimum absolute atomic E-state index is 0.304. The number of aromatic nitrogens is 3. The summed E-state index contributed by atoms with van der Waals surface area (Å²) in [5.74, 6) is 0. The third-order valence-corrected chi connectivity index (χ3v) is 6.10. The van der Waals surface area contributed by atoms with E-state index in [0.29, 0.717) is 6.61 Å². The fourth-order valence-corrected chi connectivity index (χ4v) is 4.58. The van der Waals surface area contributed by atoms with E-state index >= 15 is 0 Å². The Morgan fingerprint density at radius 2 is 1.84 bits per heavy atom. The molecule has 5 nitrogen and oxygen atoms in total. The largest absolute Gasteiger partial charge is 0.494 e. The Kier molecular flexibility index (Phi) is 4.06. The maximum atomic E-state index is 6.13. The summed E-state index contributed by atoms with van der Waals surface area (Å²) in [4.78, 5) is 9.93. The van der Waals surface area contributed by atoms with E-state index in [1.807, 2.05) is 38.1 Å². The van der Waals surface area contributed by atoms with Gasteiger partial charge in [0.15, 0.2) is 0 Å². The number of pyridine rings is 2. The highest BCUT2D eigenvalue weighted by Gasteiger charge is 2.38. The first-order valence-electron chi connectivity index (χ1n) is 10.7. The van der Waals surface area contributed by atoms with Gasteiger partial charge in [-0.05, 0) is 49.7 Å². The molecule has 1 aliphatic rings. The van der Waals surface area contributed by atoms with Crippen molar-refractivity contribution >= 4 is 63.2 Å². The molecule has 6 rings (SSSR count). The van der Waals surface area contributed by atoms with Gasteiger partial charge in [-0.3, -0.25) is 4.40 Å². The van der Waals surface area contributed by atoms with E-state index < -0.39 is 7.12 Å². The molecule has 0 unspecified atom stereocenters. The third kappa shape index (κ3) is 2.73. The second-order valence-electron chi connectivity index (χ2n) is 8.82. The molecule has 5 aromatic rings. The summed E-state index contributed by atoms with van der Waals surface area (Å²) in [6.07, 6.45) is 3.58. The summed E-state index contributed by atoms with van der Waals surface area (Å²) in [5, 5.41) is 2.02. The quantitative estimate of drug-likeness (QED) is 0.305. The number of imidazole rings is 1. The molecule has 0 amide bonds. The lowest BCUT2D eigenvalue weighted by Gasteiger charge is -2.16. The maximum Gasteiger partial charge on any atom is 0.494 e. The highest BCUT2D eigenvalue weighted by atomic mass is 16.7. The Bertz CT molecular complexity index is 1590. The van der Waals surface area contributed by atoms with Gasteiger partial charge in [-0.2, -0.15) is 0 Å². The van der Waals surface area contributed by atoms with E-state index in [9.17, 15) is 0 Å². The Hall–Kier alpha value is -3.48. The van der Waals surface area contributed by atoms with Crippen LogP contribution in [0.3, 0.4) is 0 Å². The van der Waals surface area contributed by atoms with Crippen molar-refractivity contribution in [1.82, 2.24) is 14.4 Å². The molecular weight excluding hydrogens is 397 g/mol. The van der Waals surface area contributed by atoms with Gasteiger partial charge in [0.25, 0.3) is 0 Å². The molecule has 3 aromatic heterocycles. The summed E-state index contributed by atoms with van der Waals surface area (Å²) in [5.41, 5.74) is 7.19. The van der Waals surface area contributed by atoms with E-state index in [0.717, 1.165) is 55.2 Å². The fourth-order valence-electron chi connectivity index (χ4n) is 4.58. The fraction of sp³-hybridized carbons (Fsp3) is 0.154. The predicted octanol–water partition coefficient (Wildman–Crippen LogP) is 5.00. The number of benzene rings is 2. The van der Waals surface area contributed by atoms with Gasteiger partial charge in [-0.1, -0.05) is 43.5 Å². The average Bonchev–Trinajstić information content (AvgIpc) is 3.38. The Labute approximate surface area is 186 Å². The number of para-hydroxylation sites is 2. The number of nitrogens with zero attached hydrogens (tertiary/aromatic N) is 3. The molecule has 0 aliphatic carbocycles. The van der Waals surface area contributed by atoms with Crippen molar-refractivity contribution < 1.29 is 9.31 Å². The van der Waals surface area contributed by atoms with Crippen molar-refractivity contribution in [2.75, 3.05) is 6.61 Å². The van der Waals surface area contributed by atoms with Crippen molar-refractivity contribution in [1.29, 1.82) is 0 Å². The van der Waals surface area contributed by atoms with Gasteiger partial charge in [0.2, 0.25) is 0 Å². The summed E-state index contributed by atoms with van der Waals surface area (Å²) in [6, 6.07) is 16.6. The van der Waals surface area contributed by atoms with E-state index in [2.05, 4.69) is 47.9 Å². The molecular formula is C26H22BN3O2. The van der Waals surface area contributed by atoms with E-state index in [1.54, 1.807) is 6.08 Å². The molecule has 6 heteroatoms. The van der Waals surface area contributed by atoms with Gasteiger partial charge in [0.05, 0.1) is 40.0 Å².